The number of aromatic carboxylic acids is 1. The van der Waals surface area contributed by atoms with Crippen molar-refractivity contribution >= 4 is 21.8 Å². The molecule has 1 aromatic rings. The van der Waals surface area contributed by atoms with E-state index in [1.165, 1.54) is 0 Å². The van der Waals surface area contributed by atoms with Gasteiger partial charge in [0.15, 0.2) is 5.75 Å². The first-order valence-corrected chi connectivity index (χ1v) is 4.96. The van der Waals surface area contributed by atoms with Gasteiger partial charge in [-0.25, -0.2) is 13.2 Å². The Morgan fingerprint density at radius 1 is 1.38 bits per heavy atom. The molecule has 0 spiro atoms. The van der Waals surface area contributed by atoms with Gasteiger partial charge in [0.25, 0.3) is 0 Å². The van der Waals surface area contributed by atoms with Crippen LogP contribution in [0.5, 0.6) is 5.75 Å². The van der Waals surface area contributed by atoms with E-state index in [0.717, 1.165) is 0 Å². The standard InChI is InChI=1S/C7H7NO6S.Na/c8-5-2-3(15(12,13)14)1-4(6(5)9)7(10)11;/h1-2,9H,8H2,(H,10,11)(H,12,13,14);/q;+1/p-1. The van der Waals surface area contributed by atoms with Gasteiger partial charge in [-0.15, -0.1) is 0 Å². The van der Waals surface area contributed by atoms with Crippen molar-refractivity contribution in [3.8, 4) is 5.75 Å². The van der Waals surface area contributed by atoms with Gasteiger partial charge in [-0.1, -0.05) is 0 Å². The van der Waals surface area contributed by atoms with Gasteiger partial charge in [-0.05, 0) is 12.1 Å². The zero-order chi connectivity index (χ0) is 11.8. The third kappa shape index (κ3) is 3.09. The van der Waals surface area contributed by atoms with Crippen molar-refractivity contribution in [1.82, 2.24) is 0 Å². The zero-order valence-electron chi connectivity index (χ0n) is 8.17. The minimum Gasteiger partial charge on any atom is -0.744 e. The van der Waals surface area contributed by atoms with Crippen molar-refractivity contribution < 1.29 is 57.5 Å². The fraction of sp³-hybridized carbons (Fsp3) is 0. The minimum atomic E-state index is -4.80. The Labute approximate surface area is 113 Å². The molecule has 0 amide bonds. The van der Waals surface area contributed by atoms with Crippen LogP contribution >= 0.6 is 0 Å². The molecule has 0 bridgehead atoms. The monoisotopic (exact) mass is 255 g/mol. The molecule has 0 aliphatic rings. The van der Waals surface area contributed by atoms with Crippen molar-refractivity contribution in [2.75, 3.05) is 5.73 Å². The van der Waals surface area contributed by atoms with Crippen LogP contribution in [-0.4, -0.2) is 29.2 Å². The van der Waals surface area contributed by atoms with Crippen molar-refractivity contribution in [3.63, 3.8) is 0 Å². The van der Waals surface area contributed by atoms with Crippen molar-refractivity contribution in [2.24, 2.45) is 0 Å². The molecule has 16 heavy (non-hydrogen) atoms. The van der Waals surface area contributed by atoms with Gasteiger partial charge in [-0.2, -0.15) is 0 Å². The largest absolute Gasteiger partial charge is 1.00 e. The Hall–Kier alpha value is -0.800. The average Bonchev–Trinajstić information content (AvgIpc) is 2.06. The average molecular weight is 255 g/mol. The summed E-state index contributed by atoms with van der Waals surface area (Å²) in [7, 11) is -4.80. The maximum atomic E-state index is 10.6. The van der Waals surface area contributed by atoms with E-state index < -0.39 is 38.0 Å². The van der Waals surface area contributed by atoms with Crippen LogP contribution in [0.15, 0.2) is 17.0 Å². The molecular formula is C7H6NNaO6S. The summed E-state index contributed by atoms with van der Waals surface area (Å²) in [5, 5.41) is 17.7. The summed E-state index contributed by atoms with van der Waals surface area (Å²) >= 11 is 0. The zero-order valence-corrected chi connectivity index (χ0v) is 11.0. The summed E-state index contributed by atoms with van der Waals surface area (Å²) in [5.74, 6) is -2.35. The summed E-state index contributed by atoms with van der Waals surface area (Å²) in [6.45, 7) is 0. The van der Waals surface area contributed by atoms with E-state index in [1.54, 1.807) is 0 Å². The predicted octanol–water partition coefficient (Wildman–Crippen LogP) is -3.42. The summed E-state index contributed by atoms with van der Waals surface area (Å²) in [4.78, 5) is 9.74. The summed E-state index contributed by atoms with van der Waals surface area (Å²) < 4.78 is 31.8. The molecule has 0 aliphatic carbocycles. The molecule has 82 valence electrons. The second-order valence-corrected chi connectivity index (χ2v) is 4.05. The molecule has 0 unspecified atom stereocenters. The number of hydrogen-bond donors (Lipinski definition) is 3. The topological polar surface area (TPSA) is 141 Å². The van der Waals surface area contributed by atoms with Crippen LogP contribution in [0.3, 0.4) is 0 Å². The van der Waals surface area contributed by atoms with E-state index >= 15 is 0 Å². The number of phenols is 1. The maximum Gasteiger partial charge on any atom is 1.00 e. The van der Waals surface area contributed by atoms with E-state index in [0.29, 0.717) is 12.1 Å². The Balaban J connectivity index is 0.00000225. The Kier molecular flexibility index (Phi) is 4.77. The second kappa shape index (κ2) is 5.02. The SMILES string of the molecule is Nc1cc(S(=O)(=O)[O-])cc(C(=O)O)c1O.[Na+]. The van der Waals surface area contributed by atoms with Crippen LogP contribution in [0.2, 0.25) is 0 Å². The number of carboxylic acids is 1. The number of benzene rings is 1. The molecular weight excluding hydrogens is 249 g/mol. The molecule has 0 saturated heterocycles. The van der Waals surface area contributed by atoms with E-state index in [1.807, 2.05) is 0 Å². The fourth-order valence-corrected chi connectivity index (χ4v) is 1.47. The van der Waals surface area contributed by atoms with Gasteiger partial charge in [0, 0.05) is 0 Å². The third-order valence-electron chi connectivity index (χ3n) is 1.63. The number of rotatable bonds is 2. The van der Waals surface area contributed by atoms with Crippen molar-refractivity contribution in [1.29, 1.82) is 0 Å². The van der Waals surface area contributed by atoms with Gasteiger partial charge >= 0.3 is 35.5 Å². The first-order chi connectivity index (χ1) is 6.73. The summed E-state index contributed by atoms with van der Waals surface area (Å²) in [5.41, 5.74) is 3.93. The van der Waals surface area contributed by atoms with E-state index in [4.69, 9.17) is 15.9 Å². The summed E-state index contributed by atoms with van der Waals surface area (Å²) in [6, 6.07) is 1.25. The summed E-state index contributed by atoms with van der Waals surface area (Å²) in [6.07, 6.45) is 0. The minimum absolute atomic E-state index is 0. The van der Waals surface area contributed by atoms with Crippen molar-refractivity contribution in [2.45, 2.75) is 4.90 Å². The van der Waals surface area contributed by atoms with Gasteiger partial charge in [-0.3, -0.25) is 0 Å². The first-order valence-electron chi connectivity index (χ1n) is 3.55. The molecule has 7 nitrogen and oxygen atoms in total. The van der Waals surface area contributed by atoms with Crippen LogP contribution < -0.4 is 35.3 Å². The molecule has 0 heterocycles. The molecule has 0 radical (unpaired) electrons. The van der Waals surface area contributed by atoms with Gasteiger partial charge in [0.2, 0.25) is 0 Å². The van der Waals surface area contributed by atoms with Gasteiger partial charge < -0.3 is 20.5 Å². The molecule has 4 N–H and O–H groups in total. The van der Waals surface area contributed by atoms with E-state index in [2.05, 4.69) is 0 Å². The van der Waals surface area contributed by atoms with E-state index in [-0.39, 0.29) is 29.6 Å². The number of anilines is 1. The molecule has 0 saturated carbocycles. The number of nitrogens with two attached hydrogens (primary N) is 1. The van der Waals surface area contributed by atoms with Gasteiger partial charge in [0.05, 0.1) is 10.6 Å². The van der Waals surface area contributed by atoms with Gasteiger partial charge in [0.1, 0.15) is 15.7 Å². The number of nitrogen functional groups attached to an aromatic ring is 1. The van der Waals surface area contributed by atoms with Crippen LogP contribution in [0, 0.1) is 0 Å². The molecule has 1 rings (SSSR count). The molecule has 9 heteroatoms. The Morgan fingerprint density at radius 2 is 1.88 bits per heavy atom. The molecule has 0 aliphatic heterocycles. The fourth-order valence-electron chi connectivity index (χ4n) is 0.937. The van der Waals surface area contributed by atoms with E-state index in [9.17, 15) is 17.8 Å². The van der Waals surface area contributed by atoms with Crippen LogP contribution in [-0.2, 0) is 10.1 Å². The first kappa shape index (κ1) is 15.2. The Bertz CT molecular complexity index is 526. The number of carboxylic acid groups (broad SMARTS) is 1. The van der Waals surface area contributed by atoms with Crippen LogP contribution in [0.25, 0.3) is 0 Å². The predicted molar refractivity (Wildman–Crippen MR) is 47.4 cm³/mol. The normalized spacial score (nSPS) is 10.6. The molecule has 1 aromatic carbocycles. The van der Waals surface area contributed by atoms with Crippen LogP contribution in [0.4, 0.5) is 5.69 Å². The third-order valence-corrected chi connectivity index (χ3v) is 2.45. The maximum absolute atomic E-state index is 10.6. The van der Waals surface area contributed by atoms with Crippen LogP contribution in [0.1, 0.15) is 10.4 Å². The molecule has 0 fully saturated rings. The Morgan fingerprint density at radius 3 is 2.25 bits per heavy atom. The number of hydrogen-bond acceptors (Lipinski definition) is 6. The van der Waals surface area contributed by atoms with Crippen molar-refractivity contribution in [3.05, 3.63) is 17.7 Å². The quantitative estimate of drug-likeness (QED) is 0.216. The molecule has 0 atom stereocenters. The second-order valence-electron chi connectivity index (χ2n) is 2.67. The smallest absolute Gasteiger partial charge is 0.744 e. The number of carbonyl (C=O) groups is 1. The number of aromatic hydroxyl groups is 1. The molecule has 0 aromatic heterocycles.